The first-order valence-electron chi connectivity index (χ1n) is 0. The van der Waals surface area contributed by atoms with E-state index in [1.807, 2.05) is 0 Å². The molecule has 4 nitrogen and oxygen atoms in total. The summed E-state index contributed by atoms with van der Waals surface area (Å²) >= 11 is 0. The van der Waals surface area contributed by atoms with Crippen LogP contribution in [0.2, 0.25) is 0 Å². The summed E-state index contributed by atoms with van der Waals surface area (Å²) < 4.78 is 0. The first-order valence-corrected chi connectivity index (χ1v) is 0. The molecule has 0 N–H and O–H groups in total. The normalized spacial score (nSPS) is 0. The van der Waals surface area contributed by atoms with E-state index in [9.17, 15) is 0 Å². The monoisotopic (exact) mass is 342 g/mol. The average Bonchev–Trinajstić information content (AvgIpc) is 0. The minimum Gasteiger partial charge on any atom is -2.00 e. The second kappa shape index (κ2) is 95.4. The Kier molecular flexibility index (Phi) is 2460. The SMILES string of the molecule is [Hf+4].[Mo+4].[O-2].[O-2].[O-2].[O-2]. The molecular formula is HfMoO4. The largest absolute Gasteiger partial charge is 4.00 e. The van der Waals surface area contributed by atoms with E-state index in [2.05, 4.69) is 0 Å². The van der Waals surface area contributed by atoms with Gasteiger partial charge in [-0.15, -0.1) is 0 Å². The summed E-state index contributed by atoms with van der Waals surface area (Å²) in [5.41, 5.74) is 0. The van der Waals surface area contributed by atoms with Gasteiger partial charge in [-0.25, -0.2) is 0 Å². The van der Waals surface area contributed by atoms with Crippen LogP contribution in [0.3, 0.4) is 0 Å². The van der Waals surface area contributed by atoms with Crippen molar-refractivity contribution in [2.24, 2.45) is 0 Å². The molecule has 0 aromatic carbocycles. The van der Waals surface area contributed by atoms with Gasteiger partial charge in [0.2, 0.25) is 0 Å². The molecule has 0 spiro atoms. The molecule has 0 aliphatic heterocycles. The summed E-state index contributed by atoms with van der Waals surface area (Å²) in [6.07, 6.45) is 0. The predicted octanol–water partition coefficient (Wildman–Crippen LogP) is -0.480. The van der Waals surface area contributed by atoms with Crippen molar-refractivity contribution >= 4 is 0 Å². The van der Waals surface area contributed by atoms with Gasteiger partial charge in [0.1, 0.15) is 0 Å². The molecule has 0 aliphatic carbocycles. The molecule has 0 heterocycles. The smallest absolute Gasteiger partial charge is 2.00 e. The van der Waals surface area contributed by atoms with Crippen molar-refractivity contribution in [2.75, 3.05) is 0 Å². The van der Waals surface area contributed by atoms with Crippen LogP contribution in [0.15, 0.2) is 0 Å². The van der Waals surface area contributed by atoms with Crippen LogP contribution in [0.1, 0.15) is 0 Å². The quantitative estimate of drug-likeness (QED) is 0.531. The first kappa shape index (κ1) is 155. The summed E-state index contributed by atoms with van der Waals surface area (Å²) in [5, 5.41) is 0. The van der Waals surface area contributed by atoms with Gasteiger partial charge in [0, 0.05) is 0 Å². The summed E-state index contributed by atoms with van der Waals surface area (Å²) in [4.78, 5) is 0. The van der Waals surface area contributed by atoms with E-state index in [-0.39, 0.29) is 68.8 Å². The fourth-order valence-electron chi connectivity index (χ4n) is 0. The van der Waals surface area contributed by atoms with Gasteiger partial charge < -0.3 is 21.9 Å². The second-order valence-corrected chi connectivity index (χ2v) is 0. The minimum absolute atomic E-state index is 0. The molecule has 0 bridgehead atoms. The molecule has 0 aliphatic rings. The van der Waals surface area contributed by atoms with Crippen LogP contribution in [-0.4, -0.2) is 0 Å². The topological polar surface area (TPSA) is 114 Å². The van der Waals surface area contributed by atoms with Gasteiger partial charge in [0.05, 0.1) is 0 Å². The fourth-order valence-corrected chi connectivity index (χ4v) is 0. The summed E-state index contributed by atoms with van der Waals surface area (Å²) in [7, 11) is 0. The van der Waals surface area contributed by atoms with Gasteiger partial charge in [-0.2, -0.15) is 0 Å². The molecule has 34 valence electrons. The van der Waals surface area contributed by atoms with Gasteiger partial charge in [0.15, 0.2) is 0 Å². The van der Waals surface area contributed by atoms with Crippen LogP contribution < -0.4 is 0 Å². The van der Waals surface area contributed by atoms with Crippen LogP contribution in [0.5, 0.6) is 0 Å². The van der Waals surface area contributed by atoms with Crippen LogP contribution in [0.4, 0.5) is 0 Å². The Morgan fingerprint density at radius 1 is 0.500 bits per heavy atom. The Morgan fingerprint density at radius 3 is 0.500 bits per heavy atom. The third-order valence-electron chi connectivity index (χ3n) is 0. The molecule has 0 saturated carbocycles. The van der Waals surface area contributed by atoms with Gasteiger partial charge in [0.25, 0.3) is 0 Å². The van der Waals surface area contributed by atoms with Gasteiger partial charge in [-0.1, -0.05) is 0 Å². The van der Waals surface area contributed by atoms with E-state index in [0.29, 0.717) is 0 Å². The van der Waals surface area contributed by atoms with E-state index in [1.165, 1.54) is 0 Å². The van der Waals surface area contributed by atoms with Crippen molar-refractivity contribution in [1.29, 1.82) is 0 Å². The third kappa shape index (κ3) is 53.4. The molecule has 0 aromatic heterocycles. The molecule has 0 unspecified atom stereocenters. The van der Waals surface area contributed by atoms with Gasteiger partial charge in [-0.3, -0.25) is 0 Å². The molecule has 0 radical (unpaired) electrons. The second-order valence-electron chi connectivity index (χ2n) is 0. The molecule has 0 amide bonds. The standard InChI is InChI=1S/Hf.Mo.4O/q2*+4;4*-2. The molecule has 6 heteroatoms. The number of hydrogen-bond donors (Lipinski definition) is 0. The predicted molar refractivity (Wildman–Crippen MR) is 2.75 cm³/mol. The maximum Gasteiger partial charge on any atom is 4.00 e. The van der Waals surface area contributed by atoms with Gasteiger partial charge in [-0.05, 0) is 0 Å². The van der Waals surface area contributed by atoms with Gasteiger partial charge >= 0.3 is 46.9 Å². The zero-order valence-electron chi connectivity index (χ0n) is 2.54. The Labute approximate surface area is 68.6 Å². The van der Waals surface area contributed by atoms with Crippen LogP contribution in [0, 0.1) is 0 Å². The van der Waals surface area contributed by atoms with Crippen molar-refractivity contribution in [1.82, 2.24) is 0 Å². The Balaban J connectivity index is 0. The minimum atomic E-state index is 0. The maximum absolute atomic E-state index is 0. The maximum atomic E-state index is 0. The van der Waals surface area contributed by atoms with Crippen LogP contribution in [0.25, 0.3) is 0 Å². The Bertz CT molecular complexity index is 7.51. The van der Waals surface area contributed by atoms with E-state index in [1.54, 1.807) is 0 Å². The number of hydrogen-bond acceptors (Lipinski definition) is 0. The fraction of sp³-hybridized carbons (Fsp3) is 0. The molecule has 0 saturated heterocycles. The zero-order valence-corrected chi connectivity index (χ0v) is 8.14. The van der Waals surface area contributed by atoms with Crippen molar-refractivity contribution in [3.63, 3.8) is 0 Å². The van der Waals surface area contributed by atoms with Crippen molar-refractivity contribution in [2.45, 2.75) is 0 Å². The molecule has 0 aromatic rings. The van der Waals surface area contributed by atoms with E-state index in [4.69, 9.17) is 0 Å². The Morgan fingerprint density at radius 2 is 0.500 bits per heavy atom. The third-order valence-corrected chi connectivity index (χ3v) is 0. The van der Waals surface area contributed by atoms with E-state index < -0.39 is 0 Å². The number of rotatable bonds is 0. The molecule has 0 fully saturated rings. The van der Waals surface area contributed by atoms with E-state index in [0.717, 1.165) is 0 Å². The van der Waals surface area contributed by atoms with Crippen LogP contribution >= 0.6 is 0 Å². The summed E-state index contributed by atoms with van der Waals surface area (Å²) in [6.45, 7) is 0. The molecule has 0 rings (SSSR count). The van der Waals surface area contributed by atoms with E-state index >= 15 is 0 Å². The average molecular weight is 338 g/mol. The Hall–Kier alpha value is 1.40. The van der Waals surface area contributed by atoms with Crippen molar-refractivity contribution in [3.05, 3.63) is 0 Å². The van der Waals surface area contributed by atoms with Crippen molar-refractivity contribution < 1.29 is 68.8 Å². The molecule has 0 atom stereocenters. The zero-order chi connectivity index (χ0) is 0. The first-order chi connectivity index (χ1) is 0. The van der Waals surface area contributed by atoms with Crippen LogP contribution in [-0.2, 0) is 68.8 Å². The summed E-state index contributed by atoms with van der Waals surface area (Å²) in [5.74, 6) is 0. The summed E-state index contributed by atoms with van der Waals surface area (Å²) in [6, 6.07) is 0. The molecule has 6 heavy (non-hydrogen) atoms. The van der Waals surface area contributed by atoms with Crippen molar-refractivity contribution in [3.8, 4) is 0 Å². The molecular weight excluding hydrogens is 338 g/mol.